The summed E-state index contributed by atoms with van der Waals surface area (Å²) in [6.07, 6.45) is 0. The molecule has 5 nitrogen and oxygen atoms in total. The molecule has 3 aromatic carbocycles. The summed E-state index contributed by atoms with van der Waals surface area (Å²) in [5, 5.41) is 11.6. The Bertz CT molecular complexity index is 1070. The van der Waals surface area contributed by atoms with Crippen LogP contribution in [0, 0.1) is 5.82 Å². The first kappa shape index (κ1) is 17.7. The molecule has 0 aliphatic carbocycles. The van der Waals surface area contributed by atoms with Crippen LogP contribution in [0.2, 0.25) is 0 Å². The number of nitrogens with zero attached hydrogens (tertiary/aromatic N) is 2. The van der Waals surface area contributed by atoms with Crippen LogP contribution in [0.25, 0.3) is 11.5 Å². The van der Waals surface area contributed by atoms with E-state index in [1.54, 1.807) is 25.3 Å². The first-order chi connectivity index (χ1) is 13.8. The number of hydrogen-bond acceptors (Lipinski definition) is 5. The maximum Gasteiger partial charge on any atom is 0.250 e. The van der Waals surface area contributed by atoms with Gasteiger partial charge >= 0.3 is 0 Å². The van der Waals surface area contributed by atoms with Crippen molar-refractivity contribution in [3.05, 3.63) is 96.1 Å². The molecular formula is C22H18FN3O2. The van der Waals surface area contributed by atoms with Crippen LogP contribution in [-0.4, -0.2) is 17.3 Å². The fourth-order valence-electron chi connectivity index (χ4n) is 2.95. The highest BCUT2D eigenvalue weighted by molar-refractivity contribution is 5.58. The minimum atomic E-state index is -0.425. The lowest BCUT2D eigenvalue weighted by Gasteiger charge is -2.18. The van der Waals surface area contributed by atoms with E-state index in [9.17, 15) is 4.39 Å². The van der Waals surface area contributed by atoms with Crippen molar-refractivity contribution >= 4 is 5.69 Å². The van der Waals surface area contributed by atoms with Gasteiger partial charge in [0.2, 0.25) is 5.89 Å². The first-order valence-electron chi connectivity index (χ1n) is 8.79. The average molecular weight is 375 g/mol. The molecule has 4 aromatic rings. The second kappa shape index (κ2) is 7.92. The highest BCUT2D eigenvalue weighted by Gasteiger charge is 2.23. The van der Waals surface area contributed by atoms with Crippen LogP contribution in [0.1, 0.15) is 17.5 Å². The zero-order chi connectivity index (χ0) is 19.3. The molecule has 1 aromatic heterocycles. The molecule has 1 heterocycles. The Labute approximate surface area is 161 Å². The van der Waals surface area contributed by atoms with Gasteiger partial charge in [0, 0.05) is 0 Å². The average Bonchev–Trinajstić information content (AvgIpc) is 3.23. The summed E-state index contributed by atoms with van der Waals surface area (Å²) >= 11 is 0. The van der Waals surface area contributed by atoms with Crippen molar-refractivity contribution in [1.29, 1.82) is 0 Å². The molecule has 0 aliphatic rings. The molecule has 0 unspecified atom stereocenters. The van der Waals surface area contributed by atoms with Gasteiger partial charge in [-0.1, -0.05) is 54.6 Å². The van der Waals surface area contributed by atoms with Crippen LogP contribution in [0.4, 0.5) is 10.1 Å². The fraction of sp³-hybridized carbons (Fsp3) is 0.0909. The summed E-state index contributed by atoms with van der Waals surface area (Å²) in [5.74, 6) is 0.745. The van der Waals surface area contributed by atoms with Gasteiger partial charge in [-0.15, -0.1) is 10.2 Å². The van der Waals surface area contributed by atoms with Gasteiger partial charge in [-0.3, -0.25) is 0 Å². The molecular weight excluding hydrogens is 357 g/mol. The monoisotopic (exact) mass is 375 g/mol. The van der Waals surface area contributed by atoms with Crippen LogP contribution in [0.15, 0.2) is 83.3 Å². The minimum absolute atomic E-state index is 0.135. The van der Waals surface area contributed by atoms with Crippen LogP contribution in [-0.2, 0) is 0 Å². The van der Waals surface area contributed by atoms with Gasteiger partial charge in [0.15, 0.2) is 0 Å². The summed E-state index contributed by atoms with van der Waals surface area (Å²) in [4.78, 5) is 0. The van der Waals surface area contributed by atoms with Gasteiger partial charge in [-0.05, 0) is 29.8 Å². The Morgan fingerprint density at radius 2 is 1.61 bits per heavy atom. The largest absolute Gasteiger partial charge is 0.495 e. The number of halogens is 1. The number of para-hydroxylation sites is 2. The molecule has 0 saturated carbocycles. The SMILES string of the molecule is COc1ccccc1N[C@H](c1ccccc1)c1nnc(-c2ccccc2F)o1. The molecule has 6 heteroatoms. The zero-order valence-electron chi connectivity index (χ0n) is 15.2. The number of nitrogens with one attached hydrogen (secondary N) is 1. The van der Waals surface area contributed by atoms with E-state index in [0.29, 0.717) is 11.6 Å². The summed E-state index contributed by atoms with van der Waals surface area (Å²) in [5.41, 5.74) is 1.98. The molecule has 0 bridgehead atoms. The van der Waals surface area contributed by atoms with Crippen molar-refractivity contribution < 1.29 is 13.5 Å². The number of methoxy groups -OCH3 is 1. The van der Waals surface area contributed by atoms with Gasteiger partial charge in [0.25, 0.3) is 5.89 Å². The number of rotatable bonds is 6. The lowest BCUT2D eigenvalue weighted by atomic mass is 10.1. The molecule has 0 spiro atoms. The first-order valence-corrected chi connectivity index (χ1v) is 8.79. The van der Waals surface area contributed by atoms with Gasteiger partial charge < -0.3 is 14.5 Å². The van der Waals surface area contributed by atoms with E-state index in [1.165, 1.54) is 6.07 Å². The Hall–Kier alpha value is -3.67. The smallest absolute Gasteiger partial charge is 0.250 e. The van der Waals surface area contributed by atoms with E-state index in [-0.39, 0.29) is 11.5 Å². The van der Waals surface area contributed by atoms with Crippen LogP contribution >= 0.6 is 0 Å². The molecule has 0 amide bonds. The molecule has 1 atom stereocenters. The quantitative estimate of drug-likeness (QED) is 0.509. The van der Waals surface area contributed by atoms with Gasteiger partial charge in [0.1, 0.15) is 17.6 Å². The summed E-state index contributed by atoms with van der Waals surface area (Å²) < 4.78 is 25.4. The standard InChI is InChI=1S/C22H18FN3O2/c1-27-19-14-8-7-13-18(19)24-20(15-9-3-2-4-10-15)22-26-25-21(28-22)16-11-5-6-12-17(16)23/h2-14,20,24H,1H3/t20-/m1/s1. The maximum atomic E-state index is 14.1. The van der Waals surface area contributed by atoms with E-state index in [4.69, 9.17) is 9.15 Å². The number of anilines is 1. The van der Waals surface area contributed by atoms with Crippen molar-refractivity contribution in [2.24, 2.45) is 0 Å². The lowest BCUT2D eigenvalue weighted by Crippen LogP contribution is -2.13. The Morgan fingerprint density at radius 3 is 2.39 bits per heavy atom. The summed E-state index contributed by atoms with van der Waals surface area (Å²) in [6.45, 7) is 0. The van der Waals surface area contributed by atoms with Crippen LogP contribution in [0.3, 0.4) is 0 Å². The topological polar surface area (TPSA) is 60.2 Å². The van der Waals surface area contributed by atoms with Crippen molar-refractivity contribution in [1.82, 2.24) is 10.2 Å². The van der Waals surface area contributed by atoms with E-state index >= 15 is 0 Å². The van der Waals surface area contributed by atoms with Crippen LogP contribution < -0.4 is 10.1 Å². The van der Waals surface area contributed by atoms with Crippen molar-refractivity contribution in [2.45, 2.75) is 6.04 Å². The normalized spacial score (nSPS) is 11.8. The number of hydrogen-bond donors (Lipinski definition) is 1. The molecule has 0 fully saturated rings. The third kappa shape index (κ3) is 3.57. The Balaban J connectivity index is 1.74. The third-order valence-corrected chi connectivity index (χ3v) is 4.33. The van der Waals surface area contributed by atoms with E-state index in [0.717, 1.165) is 11.3 Å². The number of benzene rings is 3. The van der Waals surface area contributed by atoms with E-state index in [2.05, 4.69) is 15.5 Å². The van der Waals surface area contributed by atoms with Gasteiger partial charge in [-0.2, -0.15) is 0 Å². The molecule has 1 N–H and O–H groups in total. The highest BCUT2D eigenvalue weighted by atomic mass is 19.1. The fourth-order valence-corrected chi connectivity index (χ4v) is 2.95. The molecule has 0 aliphatic heterocycles. The predicted molar refractivity (Wildman–Crippen MR) is 105 cm³/mol. The zero-order valence-corrected chi connectivity index (χ0v) is 15.2. The molecule has 0 saturated heterocycles. The molecule has 28 heavy (non-hydrogen) atoms. The van der Waals surface area contributed by atoms with Crippen LogP contribution in [0.5, 0.6) is 5.75 Å². The van der Waals surface area contributed by atoms with Gasteiger partial charge in [0.05, 0.1) is 18.4 Å². The second-order valence-electron chi connectivity index (χ2n) is 6.11. The maximum absolute atomic E-state index is 14.1. The van der Waals surface area contributed by atoms with Crippen molar-refractivity contribution in [3.63, 3.8) is 0 Å². The molecule has 0 radical (unpaired) electrons. The van der Waals surface area contributed by atoms with E-state index in [1.807, 2.05) is 54.6 Å². The molecule has 4 rings (SSSR count). The van der Waals surface area contributed by atoms with Crippen molar-refractivity contribution in [2.75, 3.05) is 12.4 Å². The number of aromatic nitrogens is 2. The van der Waals surface area contributed by atoms with Crippen molar-refractivity contribution in [3.8, 4) is 17.2 Å². The Morgan fingerprint density at radius 1 is 0.893 bits per heavy atom. The summed E-state index contributed by atoms with van der Waals surface area (Å²) in [7, 11) is 1.61. The Kier molecular flexibility index (Phi) is 5.01. The minimum Gasteiger partial charge on any atom is -0.495 e. The lowest BCUT2D eigenvalue weighted by molar-refractivity contribution is 0.415. The van der Waals surface area contributed by atoms with Gasteiger partial charge in [-0.25, -0.2) is 4.39 Å². The third-order valence-electron chi connectivity index (χ3n) is 4.33. The second-order valence-corrected chi connectivity index (χ2v) is 6.11. The van der Waals surface area contributed by atoms with E-state index < -0.39 is 11.9 Å². The molecule has 140 valence electrons. The summed E-state index contributed by atoms with van der Waals surface area (Å²) in [6, 6.07) is 23.2. The number of ether oxygens (including phenoxy) is 1. The highest BCUT2D eigenvalue weighted by Crippen LogP contribution is 2.32. The predicted octanol–water partition coefficient (Wildman–Crippen LogP) is 5.09.